The van der Waals surface area contributed by atoms with Gasteiger partial charge < -0.3 is 5.48 Å². The largest absolute Gasteiger partial charge is 2.00 e. The van der Waals surface area contributed by atoms with Crippen molar-refractivity contribution < 1.29 is 63.2 Å². The molecule has 0 amide bonds. The SMILES string of the molecule is O.[Mg+2].[O-][Cl+3]([O-])([O-])[O-].[O-][Cl+3]([O-])([O-])[O-]. The smallest absolute Gasteiger partial charge is 0.412 e. The van der Waals surface area contributed by atoms with Crippen LogP contribution in [0.2, 0.25) is 0 Å². The van der Waals surface area contributed by atoms with Crippen molar-refractivity contribution in [3.63, 3.8) is 0 Å². The van der Waals surface area contributed by atoms with Crippen molar-refractivity contribution in [1.82, 2.24) is 0 Å². The maximum atomic E-state index is 8.49. The van der Waals surface area contributed by atoms with Crippen molar-refractivity contribution in [3.8, 4) is 0 Å². The van der Waals surface area contributed by atoms with Gasteiger partial charge in [0, 0.05) is 0 Å². The van der Waals surface area contributed by atoms with E-state index in [4.69, 9.17) is 37.3 Å². The summed E-state index contributed by atoms with van der Waals surface area (Å²) < 4.78 is 67.9. The molecule has 12 heteroatoms. The van der Waals surface area contributed by atoms with Crippen LogP contribution in [0.5, 0.6) is 0 Å². The second kappa shape index (κ2) is 8.58. The summed E-state index contributed by atoms with van der Waals surface area (Å²) in [4.78, 5) is 0. The molecular formula is H2Cl2MgO9. The van der Waals surface area contributed by atoms with Crippen LogP contribution >= 0.6 is 0 Å². The van der Waals surface area contributed by atoms with Gasteiger partial charge in [-0.15, -0.1) is 20.5 Å². The molecule has 72 valence electrons. The maximum absolute atomic E-state index is 8.49. The van der Waals surface area contributed by atoms with E-state index in [-0.39, 0.29) is 28.5 Å². The summed E-state index contributed by atoms with van der Waals surface area (Å²) in [6.07, 6.45) is 0. The molecule has 0 saturated carbocycles. The Morgan fingerprint density at radius 3 is 0.500 bits per heavy atom. The molecule has 0 aliphatic rings. The topological polar surface area (TPSA) is 216 Å². The summed E-state index contributed by atoms with van der Waals surface area (Å²) in [6, 6.07) is 0. The van der Waals surface area contributed by atoms with Gasteiger partial charge in [0.25, 0.3) is 0 Å². The predicted molar refractivity (Wildman–Crippen MR) is 9.37 cm³/mol. The van der Waals surface area contributed by atoms with Crippen LogP contribution in [0.3, 0.4) is 0 Å². The van der Waals surface area contributed by atoms with Gasteiger partial charge in [0.2, 0.25) is 0 Å². The first-order chi connectivity index (χ1) is 4.00. The Kier molecular flexibility index (Phi) is 16.5. The molecule has 0 aromatic rings. The maximum Gasteiger partial charge on any atom is 2.00 e. The molecule has 0 atom stereocenters. The van der Waals surface area contributed by atoms with Gasteiger partial charge >= 0.3 is 23.1 Å². The van der Waals surface area contributed by atoms with E-state index >= 15 is 0 Å². The van der Waals surface area contributed by atoms with E-state index in [0.717, 1.165) is 0 Å². The third kappa shape index (κ3) is 1130. The average molecular weight is 241 g/mol. The minimum absolute atomic E-state index is 0. The van der Waals surface area contributed by atoms with Crippen molar-refractivity contribution in [2.75, 3.05) is 0 Å². The second-order valence-electron chi connectivity index (χ2n) is 0.756. The summed E-state index contributed by atoms with van der Waals surface area (Å²) >= 11 is 0. The molecule has 0 rings (SSSR count). The number of hydrogen-bond acceptors (Lipinski definition) is 8. The standard InChI is InChI=1S/2ClHO4.Mg.H2O/c2*2-1(3,4)5;;/h2*(H,2,3,4,5);;1H2/q;;+2;/p-2. The zero-order chi connectivity index (χ0) is 9.00. The van der Waals surface area contributed by atoms with E-state index in [9.17, 15) is 0 Å². The van der Waals surface area contributed by atoms with Gasteiger partial charge in [0.1, 0.15) is 0 Å². The molecule has 0 radical (unpaired) electrons. The second-order valence-corrected chi connectivity index (χ2v) is 2.27. The Morgan fingerprint density at radius 1 is 0.500 bits per heavy atom. The van der Waals surface area contributed by atoms with E-state index in [2.05, 4.69) is 0 Å². The first kappa shape index (κ1) is 23.1. The third-order valence-corrected chi connectivity index (χ3v) is 0. The monoisotopic (exact) mass is 240 g/mol. The van der Waals surface area contributed by atoms with Crippen LogP contribution in [0.25, 0.3) is 0 Å². The van der Waals surface area contributed by atoms with Gasteiger partial charge in [-0.2, -0.15) is 0 Å². The molecule has 0 unspecified atom stereocenters. The Hall–Kier alpha value is 0.986. The zero-order valence-electron chi connectivity index (χ0n) is 5.23. The van der Waals surface area contributed by atoms with Gasteiger partial charge in [0.15, 0.2) is 0 Å². The van der Waals surface area contributed by atoms with E-state index < -0.39 is 20.5 Å². The van der Waals surface area contributed by atoms with Gasteiger partial charge in [-0.3, -0.25) is 0 Å². The Labute approximate surface area is 86.4 Å². The van der Waals surface area contributed by atoms with Gasteiger partial charge in [-0.05, 0) is 0 Å². The van der Waals surface area contributed by atoms with E-state index in [1.165, 1.54) is 0 Å². The molecular weight excluding hydrogens is 239 g/mol. The minimum atomic E-state index is -4.94. The fraction of sp³-hybridized carbons (Fsp3) is 0. The fourth-order valence-electron chi connectivity index (χ4n) is 0. The van der Waals surface area contributed by atoms with Crippen LogP contribution in [0, 0.1) is 20.5 Å². The van der Waals surface area contributed by atoms with Crippen molar-refractivity contribution in [1.29, 1.82) is 0 Å². The summed E-state index contributed by atoms with van der Waals surface area (Å²) in [7, 11) is -9.89. The summed E-state index contributed by atoms with van der Waals surface area (Å²) in [5.74, 6) is 0. The Morgan fingerprint density at radius 2 is 0.500 bits per heavy atom. The molecule has 9 nitrogen and oxygen atoms in total. The molecule has 0 spiro atoms. The van der Waals surface area contributed by atoms with Gasteiger partial charge in [-0.1, -0.05) is 0 Å². The van der Waals surface area contributed by atoms with Crippen LogP contribution in [0.4, 0.5) is 0 Å². The Balaban J connectivity index is -0.0000000457. The minimum Gasteiger partial charge on any atom is -0.412 e. The molecule has 0 heterocycles. The van der Waals surface area contributed by atoms with Crippen LogP contribution in [-0.2, 0) is 0 Å². The predicted octanol–water partition coefficient (Wildman–Crippen LogP) is -10.7. The van der Waals surface area contributed by atoms with Crippen LogP contribution in [0.1, 0.15) is 0 Å². The number of rotatable bonds is 0. The zero-order valence-corrected chi connectivity index (χ0v) is 8.16. The van der Waals surface area contributed by atoms with Crippen LogP contribution < -0.4 is 37.3 Å². The van der Waals surface area contributed by atoms with Crippen molar-refractivity contribution >= 4 is 23.1 Å². The first-order valence-corrected chi connectivity index (χ1v) is 3.70. The number of hydrogen-bond donors (Lipinski definition) is 0. The van der Waals surface area contributed by atoms with E-state index in [0.29, 0.717) is 0 Å². The average Bonchev–Trinajstić information content (AvgIpc) is 1.12. The van der Waals surface area contributed by atoms with Crippen molar-refractivity contribution in [2.24, 2.45) is 0 Å². The molecule has 0 bridgehead atoms. The molecule has 0 aromatic carbocycles. The fourth-order valence-corrected chi connectivity index (χ4v) is 0. The number of halogens is 2. The normalized spacial score (nSPS) is 10.0. The van der Waals surface area contributed by atoms with Crippen molar-refractivity contribution in [3.05, 3.63) is 0 Å². The van der Waals surface area contributed by atoms with Crippen LogP contribution in [0.15, 0.2) is 0 Å². The molecule has 2 N–H and O–H groups in total. The summed E-state index contributed by atoms with van der Waals surface area (Å²) in [6.45, 7) is 0. The van der Waals surface area contributed by atoms with Crippen molar-refractivity contribution in [2.45, 2.75) is 0 Å². The van der Waals surface area contributed by atoms with Gasteiger partial charge in [-0.25, -0.2) is 37.3 Å². The molecule has 0 saturated heterocycles. The molecule has 0 aromatic heterocycles. The Bertz CT molecular complexity index is 55.5. The molecule has 0 fully saturated rings. The summed E-state index contributed by atoms with van der Waals surface area (Å²) in [5, 5.41) is 0. The van der Waals surface area contributed by atoms with E-state index in [1.807, 2.05) is 0 Å². The first-order valence-electron chi connectivity index (χ1n) is 1.23. The third-order valence-electron chi connectivity index (χ3n) is 0. The summed E-state index contributed by atoms with van der Waals surface area (Å²) in [5.41, 5.74) is 0. The van der Waals surface area contributed by atoms with E-state index in [1.54, 1.807) is 0 Å². The van der Waals surface area contributed by atoms with Crippen LogP contribution in [-0.4, -0.2) is 28.5 Å². The molecule has 0 aliphatic carbocycles. The quantitative estimate of drug-likeness (QED) is 0.369. The molecule has 12 heavy (non-hydrogen) atoms. The molecule has 0 aliphatic heterocycles. The van der Waals surface area contributed by atoms with Gasteiger partial charge in [0.05, 0.1) is 0 Å².